The largest absolute Gasteiger partial charge is 0.447 e. The Hall–Kier alpha value is -5.20. The number of aromatic nitrogens is 7. The number of aryl methyl sites for hydroxylation is 1. The number of guanidine groups is 1. The molecule has 0 saturated heterocycles. The summed E-state index contributed by atoms with van der Waals surface area (Å²) in [7, 11) is 1.59. The van der Waals surface area contributed by atoms with Gasteiger partial charge in [-0.15, -0.1) is 10.2 Å². The second kappa shape index (κ2) is 14.8. The van der Waals surface area contributed by atoms with Crippen LogP contribution in [-0.4, -0.2) is 82.7 Å². The number of tetrazole rings is 1. The Bertz CT molecular complexity index is 1940. The number of halogens is 6. The number of carbonyl (C=O) groups is 2. The Morgan fingerprint density at radius 3 is 2.40 bits per heavy atom. The molecule has 2 amide bonds. The van der Waals surface area contributed by atoms with E-state index in [1.54, 1.807) is 19.2 Å². The predicted octanol–water partition coefficient (Wildman–Crippen LogP) is 5.80. The van der Waals surface area contributed by atoms with E-state index < -0.39 is 48.6 Å². The molecule has 4 aromatic rings. The molecule has 278 valence electrons. The van der Waals surface area contributed by atoms with Gasteiger partial charge in [-0.1, -0.05) is 50.6 Å². The number of amides is 2. The molecule has 14 nitrogen and oxygen atoms in total. The van der Waals surface area contributed by atoms with E-state index in [-0.39, 0.29) is 58.4 Å². The van der Waals surface area contributed by atoms with Gasteiger partial charge in [-0.05, 0) is 59.7 Å². The van der Waals surface area contributed by atoms with Crippen molar-refractivity contribution in [3.63, 3.8) is 0 Å². The summed E-state index contributed by atoms with van der Waals surface area (Å²) in [6, 6.07) is 8.73. The quantitative estimate of drug-likeness (QED) is 0.109. The van der Waals surface area contributed by atoms with Crippen LogP contribution in [0.25, 0.3) is 17.1 Å². The van der Waals surface area contributed by atoms with Crippen LogP contribution in [0.3, 0.4) is 0 Å². The number of alkyl halides is 5. The van der Waals surface area contributed by atoms with Gasteiger partial charge in [-0.25, -0.2) is 23.2 Å². The van der Waals surface area contributed by atoms with Crippen molar-refractivity contribution < 1.29 is 36.3 Å². The fourth-order valence-corrected chi connectivity index (χ4v) is 5.28. The Morgan fingerprint density at radius 1 is 1.13 bits per heavy atom. The van der Waals surface area contributed by atoms with Gasteiger partial charge in [0.05, 0.1) is 23.8 Å². The molecule has 0 spiro atoms. The molecule has 0 radical (unpaired) electrons. The maximum absolute atomic E-state index is 14.4. The standard InChI is InChI=1S/C32H35ClF5N11O3/c1-30(2,3)13-14-40-28(39)48(27(50)19-7-5-18(6-8-19)25-44-46-47(4)45-25)23(16-52-29(51)43-31(11-12-31)32(36,37)38)20-9-10-21(33)22(15-20)49-26(24(34)35)41-17-42-49/h5-10,15,17,23-24H,11-14,16H2,1-4H3,(H2,39,40)(H,43,51)/t23-/m1/s1. The summed E-state index contributed by atoms with van der Waals surface area (Å²) in [4.78, 5) is 37.6. The van der Waals surface area contributed by atoms with Crippen LogP contribution in [0, 0.1) is 5.41 Å². The van der Waals surface area contributed by atoms with Gasteiger partial charge in [-0.3, -0.25) is 14.7 Å². The van der Waals surface area contributed by atoms with Crippen molar-refractivity contribution in [1.82, 2.24) is 45.2 Å². The van der Waals surface area contributed by atoms with Gasteiger partial charge >= 0.3 is 12.3 Å². The molecule has 2 heterocycles. The summed E-state index contributed by atoms with van der Waals surface area (Å²) in [5, 5.41) is 17.6. The molecule has 5 rings (SSSR count). The first-order valence-corrected chi connectivity index (χ1v) is 16.2. The fraction of sp³-hybridized carbons (Fsp3) is 0.438. The minimum Gasteiger partial charge on any atom is -0.447 e. The zero-order valence-corrected chi connectivity index (χ0v) is 29.2. The number of nitrogens with zero attached hydrogens (tertiary/aromatic N) is 9. The van der Waals surface area contributed by atoms with E-state index >= 15 is 0 Å². The highest BCUT2D eigenvalue weighted by molar-refractivity contribution is 6.32. The van der Waals surface area contributed by atoms with Crippen molar-refractivity contribution in [3.05, 3.63) is 70.8 Å². The number of rotatable bonds is 11. The van der Waals surface area contributed by atoms with E-state index in [0.717, 1.165) is 15.9 Å². The number of ether oxygens (including phenoxy) is 1. The third-order valence-electron chi connectivity index (χ3n) is 8.17. The first-order valence-electron chi connectivity index (χ1n) is 15.9. The lowest BCUT2D eigenvalue weighted by Gasteiger charge is -2.32. The summed E-state index contributed by atoms with van der Waals surface area (Å²) >= 11 is 6.42. The average molecular weight is 752 g/mol. The number of hydrogen-bond donors (Lipinski definition) is 2. The second-order valence-corrected chi connectivity index (χ2v) is 13.7. The Morgan fingerprint density at radius 2 is 1.83 bits per heavy atom. The lowest BCUT2D eigenvalue weighted by atomic mass is 9.92. The van der Waals surface area contributed by atoms with Crippen LogP contribution in [0.5, 0.6) is 0 Å². The minimum atomic E-state index is -4.73. The zero-order chi connectivity index (χ0) is 38.0. The van der Waals surface area contributed by atoms with Gasteiger partial charge in [0.25, 0.3) is 12.3 Å². The van der Waals surface area contributed by atoms with Crippen LogP contribution in [0.4, 0.5) is 26.7 Å². The van der Waals surface area contributed by atoms with E-state index in [2.05, 4.69) is 30.5 Å². The van der Waals surface area contributed by atoms with Crippen LogP contribution in [0.15, 0.2) is 53.8 Å². The van der Waals surface area contributed by atoms with Gasteiger partial charge in [0.1, 0.15) is 18.5 Å². The lowest BCUT2D eigenvalue weighted by Crippen LogP contribution is -2.49. The molecular formula is C32H35ClF5N11O3. The van der Waals surface area contributed by atoms with Crippen molar-refractivity contribution in [2.75, 3.05) is 13.2 Å². The third-order valence-corrected chi connectivity index (χ3v) is 8.49. The van der Waals surface area contributed by atoms with Gasteiger partial charge in [0, 0.05) is 17.7 Å². The molecule has 0 unspecified atom stereocenters. The first kappa shape index (κ1) is 38.0. The Kier molecular flexibility index (Phi) is 10.8. The number of nitrogens with one attached hydrogen (secondary N) is 1. The van der Waals surface area contributed by atoms with E-state index in [1.165, 1.54) is 35.1 Å². The molecule has 2 aromatic carbocycles. The normalized spacial score (nSPS) is 15.0. The Labute approximate surface area is 299 Å². The lowest BCUT2D eigenvalue weighted by molar-refractivity contribution is -0.164. The van der Waals surface area contributed by atoms with E-state index in [1.807, 2.05) is 26.1 Å². The van der Waals surface area contributed by atoms with Crippen molar-refractivity contribution >= 4 is 29.6 Å². The fourth-order valence-electron chi connectivity index (χ4n) is 5.08. The Balaban J connectivity index is 1.58. The number of benzene rings is 2. The van der Waals surface area contributed by atoms with Crippen LogP contribution >= 0.6 is 11.6 Å². The van der Waals surface area contributed by atoms with Crippen molar-refractivity contribution in [3.8, 4) is 17.1 Å². The maximum Gasteiger partial charge on any atom is 0.411 e. The number of carbonyl (C=O) groups excluding carboxylic acids is 2. The van der Waals surface area contributed by atoms with E-state index in [0.29, 0.717) is 12.0 Å². The molecule has 1 aliphatic rings. The van der Waals surface area contributed by atoms with Gasteiger partial charge in [0.15, 0.2) is 11.8 Å². The highest BCUT2D eigenvalue weighted by Gasteiger charge is 2.64. The molecule has 2 aromatic heterocycles. The van der Waals surface area contributed by atoms with Gasteiger partial charge < -0.3 is 15.8 Å². The van der Waals surface area contributed by atoms with E-state index in [4.69, 9.17) is 22.1 Å². The zero-order valence-electron chi connectivity index (χ0n) is 28.4. The van der Waals surface area contributed by atoms with Crippen LogP contribution < -0.4 is 11.1 Å². The van der Waals surface area contributed by atoms with E-state index in [9.17, 15) is 31.5 Å². The van der Waals surface area contributed by atoms with Gasteiger partial charge in [0.2, 0.25) is 5.82 Å². The van der Waals surface area contributed by atoms with Crippen molar-refractivity contribution in [2.45, 2.75) is 64.2 Å². The molecule has 3 N–H and O–H groups in total. The molecular weight excluding hydrogens is 717 g/mol. The first-order chi connectivity index (χ1) is 24.4. The minimum absolute atomic E-state index is 0.0349. The molecule has 1 saturated carbocycles. The van der Waals surface area contributed by atoms with Gasteiger partial charge in [-0.2, -0.15) is 23.1 Å². The SMILES string of the molecule is Cn1nnc(-c2ccc(C(=O)N(C(N)=NCCC(C)(C)C)[C@H](COC(=O)NC3(C(F)(F)F)CC3)c3ccc(Cl)c(-n4ncnc4C(F)F)c3)cc2)n1. The summed E-state index contributed by atoms with van der Waals surface area (Å²) < 4.78 is 74.7. The van der Waals surface area contributed by atoms with Crippen LogP contribution in [-0.2, 0) is 11.8 Å². The average Bonchev–Trinajstić information content (AvgIpc) is 3.47. The summed E-state index contributed by atoms with van der Waals surface area (Å²) in [5.74, 6) is -1.51. The summed E-state index contributed by atoms with van der Waals surface area (Å²) in [6.07, 6.45) is -8.39. The molecule has 1 aliphatic carbocycles. The highest BCUT2D eigenvalue weighted by atomic mass is 35.5. The molecule has 20 heteroatoms. The number of hydrogen-bond acceptors (Lipinski definition) is 9. The summed E-state index contributed by atoms with van der Waals surface area (Å²) in [6.45, 7) is 5.35. The number of alkyl carbamates (subject to hydrolysis) is 1. The van der Waals surface area contributed by atoms with Crippen molar-refractivity contribution in [2.24, 2.45) is 23.2 Å². The van der Waals surface area contributed by atoms with Crippen LogP contribution in [0.2, 0.25) is 5.02 Å². The summed E-state index contributed by atoms with van der Waals surface area (Å²) in [5.41, 5.74) is 4.57. The molecule has 0 bridgehead atoms. The monoisotopic (exact) mass is 751 g/mol. The predicted molar refractivity (Wildman–Crippen MR) is 178 cm³/mol. The van der Waals surface area contributed by atoms with Crippen molar-refractivity contribution in [1.29, 1.82) is 0 Å². The number of aliphatic imine (C=N–C) groups is 1. The molecule has 0 aliphatic heterocycles. The molecule has 52 heavy (non-hydrogen) atoms. The number of nitrogens with two attached hydrogens (primary N) is 1. The maximum atomic E-state index is 14.4. The highest BCUT2D eigenvalue weighted by Crippen LogP contribution is 2.49. The third kappa shape index (κ3) is 8.63. The van der Waals surface area contributed by atoms with Crippen LogP contribution in [0.1, 0.15) is 74.2 Å². The smallest absolute Gasteiger partial charge is 0.411 e. The molecule has 1 atom stereocenters. The molecule has 1 fully saturated rings. The second-order valence-electron chi connectivity index (χ2n) is 13.3. The topological polar surface area (TPSA) is 171 Å².